The Balaban J connectivity index is 1.57. The van der Waals surface area contributed by atoms with Gasteiger partial charge in [-0.2, -0.15) is 4.31 Å². The van der Waals surface area contributed by atoms with E-state index in [1.807, 2.05) is 43.3 Å². The first kappa shape index (κ1) is 21.1. The molecule has 7 heteroatoms. The SMILES string of the molecule is CCOc1ccccc1OC(=O)C1CCN(S(=O)(=O)/C=C/c2ccccc2)CC1. The summed E-state index contributed by atoms with van der Waals surface area (Å²) >= 11 is 0. The maximum absolute atomic E-state index is 12.5. The molecule has 0 radical (unpaired) electrons. The summed E-state index contributed by atoms with van der Waals surface area (Å²) in [5.74, 6) is 0.220. The van der Waals surface area contributed by atoms with Crippen LogP contribution in [0, 0.1) is 5.92 Å². The van der Waals surface area contributed by atoms with E-state index in [9.17, 15) is 13.2 Å². The van der Waals surface area contributed by atoms with Gasteiger partial charge in [0.1, 0.15) is 0 Å². The summed E-state index contributed by atoms with van der Waals surface area (Å²) in [6, 6.07) is 16.3. The molecule has 0 bridgehead atoms. The van der Waals surface area contributed by atoms with Crippen LogP contribution in [0.5, 0.6) is 11.5 Å². The molecule has 0 aliphatic carbocycles. The average molecular weight is 416 g/mol. The van der Waals surface area contributed by atoms with Crippen molar-refractivity contribution in [2.24, 2.45) is 5.92 Å². The summed E-state index contributed by atoms with van der Waals surface area (Å²) in [7, 11) is -3.52. The molecule has 2 aromatic carbocycles. The highest BCUT2D eigenvalue weighted by Crippen LogP contribution is 2.29. The first-order chi connectivity index (χ1) is 14.0. The second kappa shape index (κ2) is 9.71. The first-order valence-corrected chi connectivity index (χ1v) is 11.2. The predicted octanol–water partition coefficient (Wildman–Crippen LogP) is 3.70. The summed E-state index contributed by atoms with van der Waals surface area (Å²) in [6.07, 6.45) is 2.43. The number of piperidine rings is 1. The third-order valence-electron chi connectivity index (χ3n) is 4.74. The highest BCUT2D eigenvalue weighted by atomic mass is 32.2. The largest absolute Gasteiger partial charge is 0.490 e. The first-order valence-electron chi connectivity index (χ1n) is 9.66. The Kier molecular flexibility index (Phi) is 7.06. The van der Waals surface area contributed by atoms with Gasteiger partial charge in [0.05, 0.1) is 12.5 Å². The number of para-hydroxylation sites is 2. The highest BCUT2D eigenvalue weighted by Gasteiger charge is 2.31. The topological polar surface area (TPSA) is 72.9 Å². The number of carbonyl (C=O) groups excluding carboxylic acids is 1. The molecule has 1 aliphatic heterocycles. The fraction of sp³-hybridized carbons (Fsp3) is 0.318. The Labute approximate surface area is 171 Å². The molecule has 1 aliphatic rings. The molecule has 1 fully saturated rings. The normalized spacial score (nSPS) is 16.0. The van der Waals surface area contributed by atoms with E-state index in [0.29, 0.717) is 30.9 Å². The van der Waals surface area contributed by atoms with Crippen LogP contribution in [0.2, 0.25) is 0 Å². The van der Waals surface area contributed by atoms with Crippen LogP contribution in [-0.4, -0.2) is 38.4 Å². The van der Waals surface area contributed by atoms with Gasteiger partial charge in [-0.1, -0.05) is 42.5 Å². The standard InChI is InChI=1S/C22H25NO5S/c1-2-27-20-10-6-7-11-21(20)28-22(24)19-12-15-23(16-13-19)29(25,26)17-14-18-8-4-3-5-9-18/h3-11,14,17,19H,2,12-13,15-16H2,1H3/b17-14+. The molecular weight excluding hydrogens is 390 g/mol. The van der Waals surface area contributed by atoms with Gasteiger partial charge in [-0.3, -0.25) is 4.79 Å². The van der Waals surface area contributed by atoms with Crippen LogP contribution in [0.15, 0.2) is 60.0 Å². The molecule has 6 nitrogen and oxygen atoms in total. The molecule has 154 valence electrons. The van der Waals surface area contributed by atoms with Gasteiger partial charge in [0.15, 0.2) is 11.5 Å². The molecule has 0 amide bonds. The van der Waals surface area contributed by atoms with E-state index in [-0.39, 0.29) is 25.0 Å². The number of hydrogen-bond acceptors (Lipinski definition) is 5. The van der Waals surface area contributed by atoms with Crippen molar-refractivity contribution in [2.45, 2.75) is 19.8 Å². The third-order valence-corrected chi connectivity index (χ3v) is 6.30. The van der Waals surface area contributed by atoms with E-state index in [4.69, 9.17) is 9.47 Å². The summed E-state index contributed by atoms with van der Waals surface area (Å²) in [4.78, 5) is 12.5. The fourth-order valence-electron chi connectivity index (χ4n) is 3.16. The Morgan fingerprint density at radius 1 is 1.03 bits per heavy atom. The number of nitrogens with zero attached hydrogens (tertiary/aromatic N) is 1. The van der Waals surface area contributed by atoms with Crippen LogP contribution in [0.25, 0.3) is 6.08 Å². The van der Waals surface area contributed by atoms with Crippen molar-refractivity contribution in [3.8, 4) is 11.5 Å². The van der Waals surface area contributed by atoms with Gasteiger partial charge in [-0.15, -0.1) is 0 Å². The van der Waals surface area contributed by atoms with Gasteiger partial charge >= 0.3 is 5.97 Å². The van der Waals surface area contributed by atoms with Crippen molar-refractivity contribution >= 4 is 22.1 Å². The monoisotopic (exact) mass is 415 g/mol. The lowest BCUT2D eigenvalue weighted by Crippen LogP contribution is -2.40. The fourth-order valence-corrected chi connectivity index (χ4v) is 4.38. The summed E-state index contributed by atoms with van der Waals surface area (Å²) in [5, 5.41) is 1.22. The van der Waals surface area contributed by atoms with E-state index >= 15 is 0 Å². The zero-order valence-electron chi connectivity index (χ0n) is 16.4. The number of benzene rings is 2. The minimum atomic E-state index is -3.52. The van der Waals surface area contributed by atoms with Crippen molar-refractivity contribution in [3.05, 3.63) is 65.6 Å². The summed E-state index contributed by atoms with van der Waals surface area (Å²) in [6.45, 7) is 2.91. The molecule has 0 N–H and O–H groups in total. The van der Waals surface area contributed by atoms with Gasteiger partial charge in [-0.25, -0.2) is 8.42 Å². The molecular formula is C22H25NO5S. The molecule has 1 heterocycles. The molecule has 1 saturated heterocycles. The average Bonchev–Trinajstić information content (AvgIpc) is 2.75. The molecule has 0 saturated carbocycles. The minimum absolute atomic E-state index is 0.286. The maximum Gasteiger partial charge on any atom is 0.314 e. The van der Waals surface area contributed by atoms with E-state index in [1.165, 1.54) is 9.71 Å². The maximum atomic E-state index is 12.5. The quantitative estimate of drug-likeness (QED) is 0.509. The van der Waals surface area contributed by atoms with Gasteiger partial charge in [0.25, 0.3) is 0 Å². The molecule has 29 heavy (non-hydrogen) atoms. The number of sulfonamides is 1. The molecule has 0 aromatic heterocycles. The number of carbonyl (C=O) groups is 1. The summed E-state index contributed by atoms with van der Waals surface area (Å²) < 4.78 is 37.5. The lowest BCUT2D eigenvalue weighted by Gasteiger charge is -2.29. The Hall–Kier alpha value is -2.64. The van der Waals surface area contributed by atoms with Gasteiger partial charge in [-0.05, 0) is 43.5 Å². The zero-order chi connectivity index (χ0) is 20.7. The summed E-state index contributed by atoms with van der Waals surface area (Å²) in [5.41, 5.74) is 0.822. The van der Waals surface area contributed by atoms with Crippen LogP contribution >= 0.6 is 0 Å². The number of hydrogen-bond donors (Lipinski definition) is 0. The van der Waals surface area contributed by atoms with E-state index < -0.39 is 10.0 Å². The predicted molar refractivity (Wildman–Crippen MR) is 112 cm³/mol. The zero-order valence-corrected chi connectivity index (χ0v) is 17.2. The molecule has 3 rings (SSSR count). The number of ether oxygens (including phenoxy) is 2. The molecule has 0 atom stereocenters. The van der Waals surface area contributed by atoms with Crippen molar-refractivity contribution in [2.75, 3.05) is 19.7 Å². The van der Waals surface area contributed by atoms with Gasteiger partial charge in [0, 0.05) is 18.5 Å². The van der Waals surface area contributed by atoms with Crippen molar-refractivity contribution < 1.29 is 22.7 Å². The van der Waals surface area contributed by atoms with Crippen LogP contribution in [0.1, 0.15) is 25.3 Å². The molecule has 2 aromatic rings. The Morgan fingerprint density at radius 3 is 2.31 bits per heavy atom. The molecule has 0 unspecified atom stereocenters. The second-order valence-electron chi connectivity index (χ2n) is 6.73. The highest BCUT2D eigenvalue weighted by molar-refractivity contribution is 7.92. The van der Waals surface area contributed by atoms with Gasteiger partial charge < -0.3 is 9.47 Å². The van der Waals surface area contributed by atoms with Crippen LogP contribution in [0.4, 0.5) is 0 Å². The lowest BCUT2D eigenvalue weighted by atomic mass is 9.98. The Morgan fingerprint density at radius 2 is 1.66 bits per heavy atom. The van der Waals surface area contributed by atoms with Crippen molar-refractivity contribution in [1.29, 1.82) is 0 Å². The van der Waals surface area contributed by atoms with Crippen LogP contribution in [0.3, 0.4) is 0 Å². The Bertz CT molecular complexity index is 948. The molecule has 0 spiro atoms. The van der Waals surface area contributed by atoms with Crippen LogP contribution < -0.4 is 9.47 Å². The van der Waals surface area contributed by atoms with E-state index in [2.05, 4.69) is 0 Å². The van der Waals surface area contributed by atoms with E-state index in [0.717, 1.165) is 5.56 Å². The minimum Gasteiger partial charge on any atom is -0.490 e. The lowest BCUT2D eigenvalue weighted by molar-refractivity contribution is -0.140. The third kappa shape index (κ3) is 5.68. The van der Waals surface area contributed by atoms with Crippen molar-refractivity contribution in [1.82, 2.24) is 4.31 Å². The number of esters is 1. The second-order valence-corrected chi connectivity index (χ2v) is 8.55. The smallest absolute Gasteiger partial charge is 0.314 e. The van der Waals surface area contributed by atoms with Crippen LogP contribution in [-0.2, 0) is 14.8 Å². The number of rotatable bonds is 7. The van der Waals surface area contributed by atoms with Gasteiger partial charge in [0.2, 0.25) is 10.0 Å². The van der Waals surface area contributed by atoms with E-state index in [1.54, 1.807) is 24.3 Å². The van der Waals surface area contributed by atoms with Crippen molar-refractivity contribution in [3.63, 3.8) is 0 Å².